The van der Waals surface area contributed by atoms with E-state index >= 15 is 0 Å². The largest absolute Gasteiger partial charge is 0.338 e. The average molecular weight is 445 g/mol. The minimum atomic E-state index is -0.0375. The summed E-state index contributed by atoms with van der Waals surface area (Å²) in [5.74, 6) is 0.417. The molecule has 0 aromatic carbocycles. The third kappa shape index (κ3) is 3.89. The number of carbonyl (C=O) groups excluding carboxylic acids is 1. The van der Waals surface area contributed by atoms with E-state index in [4.69, 9.17) is 16.6 Å². The average Bonchev–Trinajstić information content (AvgIpc) is 3.39. The van der Waals surface area contributed by atoms with Gasteiger partial charge < -0.3 is 10.2 Å². The molecule has 1 saturated carbocycles. The molecule has 2 N–H and O–H groups in total. The van der Waals surface area contributed by atoms with Crippen LogP contribution in [-0.4, -0.2) is 59.1 Å². The van der Waals surface area contributed by atoms with Gasteiger partial charge in [-0.25, -0.2) is 4.98 Å². The fourth-order valence-corrected chi connectivity index (χ4v) is 5.18. The topological polar surface area (TPSA) is 105 Å². The number of aromatic amines is 1. The van der Waals surface area contributed by atoms with Crippen LogP contribution in [0.4, 0.5) is 11.6 Å². The van der Waals surface area contributed by atoms with Crippen LogP contribution >= 0.6 is 23.4 Å². The number of hydrogen-bond acceptors (Lipinski definition) is 7. The highest BCUT2D eigenvalue weighted by atomic mass is 35.5. The molecule has 0 spiro atoms. The van der Waals surface area contributed by atoms with Gasteiger partial charge in [0.25, 0.3) is 0 Å². The van der Waals surface area contributed by atoms with Gasteiger partial charge in [0.05, 0.1) is 23.3 Å². The number of fused-ring (bicyclic) bond motifs is 1. The number of rotatable bonds is 6. The molecular formula is C19H21ClN8OS. The maximum atomic E-state index is 12.0. The predicted octanol–water partition coefficient (Wildman–Crippen LogP) is 3.55. The van der Waals surface area contributed by atoms with Crippen LogP contribution in [0.3, 0.4) is 0 Å². The minimum absolute atomic E-state index is 0.0375. The SMILES string of the molecule is C=CC(=O)N1CCCC(Sc2nc(Nc3cnn(C4CC4)c3)nc3[nH]nc(Cl)c23)C1. The molecule has 156 valence electrons. The van der Waals surface area contributed by atoms with Gasteiger partial charge in [-0.15, -0.1) is 11.8 Å². The van der Waals surface area contributed by atoms with Gasteiger partial charge in [0.1, 0.15) is 5.03 Å². The van der Waals surface area contributed by atoms with Crippen molar-refractivity contribution < 1.29 is 4.79 Å². The number of aromatic nitrogens is 6. The molecule has 4 heterocycles. The molecule has 0 bridgehead atoms. The molecule has 1 amide bonds. The first-order valence-electron chi connectivity index (χ1n) is 9.91. The summed E-state index contributed by atoms with van der Waals surface area (Å²) in [7, 11) is 0. The second-order valence-electron chi connectivity index (χ2n) is 7.53. The smallest absolute Gasteiger partial charge is 0.245 e. The van der Waals surface area contributed by atoms with Crippen LogP contribution in [0.1, 0.15) is 31.7 Å². The lowest BCUT2D eigenvalue weighted by molar-refractivity contribution is -0.126. The lowest BCUT2D eigenvalue weighted by atomic mass is 10.1. The molecular weight excluding hydrogens is 424 g/mol. The Labute approximate surface area is 182 Å². The van der Waals surface area contributed by atoms with Crippen LogP contribution in [0.5, 0.6) is 0 Å². The van der Waals surface area contributed by atoms with Crippen LogP contribution in [0.2, 0.25) is 5.15 Å². The molecule has 5 rings (SSSR count). The second-order valence-corrected chi connectivity index (χ2v) is 9.17. The van der Waals surface area contributed by atoms with Crippen molar-refractivity contribution in [3.8, 4) is 0 Å². The summed E-state index contributed by atoms with van der Waals surface area (Å²) in [5, 5.41) is 16.6. The predicted molar refractivity (Wildman–Crippen MR) is 116 cm³/mol. The van der Waals surface area contributed by atoms with Gasteiger partial charge in [0, 0.05) is 24.5 Å². The lowest BCUT2D eigenvalue weighted by Gasteiger charge is -2.31. The van der Waals surface area contributed by atoms with E-state index in [9.17, 15) is 4.79 Å². The number of piperidine rings is 1. The molecule has 1 aliphatic heterocycles. The number of thioether (sulfide) groups is 1. The molecule has 9 nitrogen and oxygen atoms in total. The monoisotopic (exact) mass is 444 g/mol. The zero-order valence-electron chi connectivity index (χ0n) is 16.2. The van der Waals surface area contributed by atoms with E-state index in [1.54, 1.807) is 18.0 Å². The van der Waals surface area contributed by atoms with Crippen molar-refractivity contribution in [3.05, 3.63) is 30.2 Å². The van der Waals surface area contributed by atoms with E-state index in [1.165, 1.54) is 18.9 Å². The van der Waals surface area contributed by atoms with Crippen molar-refractivity contribution in [2.75, 3.05) is 18.4 Å². The highest BCUT2D eigenvalue weighted by Gasteiger charge is 2.26. The van der Waals surface area contributed by atoms with E-state index in [-0.39, 0.29) is 11.2 Å². The second kappa shape index (κ2) is 7.92. The lowest BCUT2D eigenvalue weighted by Crippen LogP contribution is -2.40. The number of nitrogens with zero attached hydrogens (tertiary/aromatic N) is 6. The zero-order chi connectivity index (χ0) is 20.7. The standard InChI is InChI=1S/C19H21ClN8OS/c1-2-14(29)27-7-3-4-13(10-27)30-18-15-16(20)25-26-17(15)23-19(24-18)22-11-8-21-28(9-11)12-5-6-12/h2,8-9,12-13H,1,3-7,10H2,(H2,22,23,24,25,26). The Balaban J connectivity index is 1.40. The van der Waals surface area contributed by atoms with Crippen molar-refractivity contribution in [2.24, 2.45) is 0 Å². The maximum Gasteiger partial charge on any atom is 0.245 e. The number of H-pyrrole nitrogens is 1. The van der Waals surface area contributed by atoms with Gasteiger partial charge in [0.2, 0.25) is 11.9 Å². The number of hydrogen-bond donors (Lipinski definition) is 2. The Bertz CT molecular complexity index is 1110. The number of likely N-dealkylation sites (tertiary alicyclic amines) is 1. The van der Waals surface area contributed by atoms with Crippen LogP contribution in [-0.2, 0) is 4.79 Å². The highest BCUT2D eigenvalue weighted by Crippen LogP contribution is 2.37. The molecule has 1 unspecified atom stereocenters. The summed E-state index contributed by atoms with van der Waals surface area (Å²) >= 11 is 7.91. The molecule has 3 aromatic rings. The van der Waals surface area contributed by atoms with Crippen LogP contribution in [0, 0.1) is 0 Å². The van der Waals surface area contributed by atoms with Crippen LogP contribution in [0.15, 0.2) is 30.1 Å². The van der Waals surface area contributed by atoms with E-state index in [0.29, 0.717) is 34.7 Å². The summed E-state index contributed by atoms with van der Waals surface area (Å²) < 4.78 is 1.97. The van der Waals surface area contributed by atoms with Gasteiger partial charge in [-0.05, 0) is 31.8 Å². The van der Waals surface area contributed by atoms with Gasteiger partial charge in [-0.2, -0.15) is 15.2 Å². The summed E-state index contributed by atoms with van der Waals surface area (Å²) in [6.07, 6.45) is 9.39. The fraction of sp³-hybridized carbons (Fsp3) is 0.421. The summed E-state index contributed by atoms with van der Waals surface area (Å²) in [6.45, 7) is 5.00. The molecule has 0 radical (unpaired) electrons. The molecule has 2 fully saturated rings. The van der Waals surface area contributed by atoms with Crippen LogP contribution in [0.25, 0.3) is 11.0 Å². The number of nitrogens with one attached hydrogen (secondary N) is 2. The first-order valence-corrected chi connectivity index (χ1v) is 11.2. The number of amides is 1. The van der Waals surface area contributed by atoms with Crippen molar-refractivity contribution >= 4 is 51.9 Å². The third-order valence-electron chi connectivity index (χ3n) is 5.26. The van der Waals surface area contributed by atoms with Gasteiger partial charge >= 0.3 is 0 Å². The Morgan fingerprint density at radius 3 is 3.03 bits per heavy atom. The molecule has 11 heteroatoms. The molecule has 2 aliphatic rings. The minimum Gasteiger partial charge on any atom is -0.338 e. The Morgan fingerprint density at radius 2 is 2.23 bits per heavy atom. The summed E-state index contributed by atoms with van der Waals surface area (Å²) in [4.78, 5) is 23.1. The number of halogens is 1. The normalized spacial score (nSPS) is 19.2. The third-order valence-corrected chi connectivity index (χ3v) is 6.77. The van der Waals surface area contributed by atoms with Crippen molar-refractivity contribution in [1.29, 1.82) is 0 Å². The van der Waals surface area contributed by atoms with Gasteiger partial charge in [0.15, 0.2) is 10.8 Å². The number of anilines is 2. The Morgan fingerprint density at radius 1 is 1.37 bits per heavy atom. The number of carbonyl (C=O) groups is 1. The van der Waals surface area contributed by atoms with Gasteiger partial charge in [-0.1, -0.05) is 18.2 Å². The zero-order valence-corrected chi connectivity index (χ0v) is 17.8. The molecule has 1 saturated heterocycles. The van der Waals surface area contributed by atoms with E-state index < -0.39 is 0 Å². The van der Waals surface area contributed by atoms with Crippen LogP contribution < -0.4 is 5.32 Å². The summed E-state index contributed by atoms with van der Waals surface area (Å²) in [6, 6.07) is 0.508. The van der Waals surface area contributed by atoms with Gasteiger partial charge in [-0.3, -0.25) is 14.6 Å². The van der Waals surface area contributed by atoms with Crippen molar-refractivity contribution in [1.82, 2.24) is 34.8 Å². The quantitative estimate of drug-likeness (QED) is 0.442. The van der Waals surface area contributed by atoms with Crippen molar-refractivity contribution in [2.45, 2.75) is 42.0 Å². The Hall–Kier alpha value is -2.59. The molecule has 1 aliphatic carbocycles. The Kier molecular flexibility index (Phi) is 5.11. The van der Waals surface area contributed by atoms with E-state index in [1.807, 2.05) is 15.8 Å². The van der Waals surface area contributed by atoms with E-state index in [2.05, 4.69) is 32.2 Å². The maximum absolute atomic E-state index is 12.0. The first kappa shape index (κ1) is 19.4. The molecule has 30 heavy (non-hydrogen) atoms. The molecule has 3 aromatic heterocycles. The fourth-order valence-electron chi connectivity index (χ4n) is 3.60. The molecule has 1 atom stereocenters. The first-order chi connectivity index (χ1) is 14.6. The highest BCUT2D eigenvalue weighted by molar-refractivity contribution is 8.00. The summed E-state index contributed by atoms with van der Waals surface area (Å²) in [5.41, 5.74) is 1.41. The van der Waals surface area contributed by atoms with E-state index in [0.717, 1.165) is 30.1 Å². The van der Waals surface area contributed by atoms with Crippen molar-refractivity contribution in [3.63, 3.8) is 0 Å².